The number of likely N-dealkylation sites (N-methyl/N-ethyl adjacent to an activating group) is 1. The Morgan fingerprint density at radius 1 is 1.30 bits per heavy atom. The molecule has 1 unspecified atom stereocenters. The first-order valence-electron chi connectivity index (χ1n) is 8.03. The normalized spacial score (nSPS) is 25.8. The van der Waals surface area contributed by atoms with Crippen LogP contribution in [0.15, 0.2) is 34.5 Å². The van der Waals surface area contributed by atoms with E-state index in [1.165, 1.54) is 0 Å². The summed E-state index contributed by atoms with van der Waals surface area (Å²) in [4.78, 5) is 12.1. The fourth-order valence-electron chi connectivity index (χ4n) is 3.23. The fourth-order valence-corrected chi connectivity index (χ4v) is 4.89. The van der Waals surface area contributed by atoms with E-state index in [0.717, 1.165) is 18.5 Å². The third-order valence-electron chi connectivity index (χ3n) is 4.80. The van der Waals surface area contributed by atoms with E-state index in [2.05, 4.69) is 17.6 Å². The molecule has 1 saturated heterocycles. The summed E-state index contributed by atoms with van der Waals surface area (Å²) in [6.07, 6.45) is 7.50. The summed E-state index contributed by atoms with van der Waals surface area (Å²) in [6.45, 7) is 3.35. The highest BCUT2D eigenvalue weighted by atomic mass is 32.2. The van der Waals surface area contributed by atoms with Crippen LogP contribution in [-0.2, 0) is 14.8 Å². The molecule has 2 aliphatic heterocycles. The summed E-state index contributed by atoms with van der Waals surface area (Å²) in [5, 5.41) is 5.63. The third kappa shape index (κ3) is 3.07. The summed E-state index contributed by atoms with van der Waals surface area (Å²) in [5.41, 5.74) is 1.37. The number of hydrogen-bond acceptors (Lipinski definition) is 4. The monoisotopic (exact) mass is 337 g/mol. The van der Waals surface area contributed by atoms with E-state index in [4.69, 9.17) is 0 Å². The van der Waals surface area contributed by atoms with Gasteiger partial charge in [0.25, 0.3) is 5.91 Å². The van der Waals surface area contributed by atoms with Crippen molar-refractivity contribution in [3.8, 4) is 0 Å². The summed E-state index contributed by atoms with van der Waals surface area (Å²) in [5.74, 6) is 0.334. The van der Waals surface area contributed by atoms with Gasteiger partial charge in [-0.3, -0.25) is 4.79 Å². The first-order valence-corrected chi connectivity index (χ1v) is 9.47. The van der Waals surface area contributed by atoms with Crippen LogP contribution in [0.3, 0.4) is 0 Å². The molecule has 0 bridgehead atoms. The molecule has 2 heterocycles. The lowest BCUT2D eigenvalue weighted by molar-refractivity contribution is -0.117. The van der Waals surface area contributed by atoms with E-state index >= 15 is 0 Å². The number of amides is 1. The Bertz CT molecular complexity index is 698. The lowest BCUT2D eigenvalue weighted by Gasteiger charge is -2.31. The number of carbonyl (C=O) groups excluding carboxylic acids is 1. The maximum Gasteiger partial charge on any atom is 0.267 e. The minimum absolute atomic E-state index is 0.0687. The highest BCUT2D eigenvalue weighted by molar-refractivity contribution is 7.93. The molecule has 0 radical (unpaired) electrons. The van der Waals surface area contributed by atoms with Crippen LogP contribution >= 0.6 is 0 Å². The van der Waals surface area contributed by atoms with E-state index in [1.54, 1.807) is 23.5 Å². The molecule has 23 heavy (non-hydrogen) atoms. The maximum absolute atomic E-state index is 12.8. The van der Waals surface area contributed by atoms with Crippen molar-refractivity contribution in [1.82, 2.24) is 14.9 Å². The Balaban J connectivity index is 1.76. The van der Waals surface area contributed by atoms with Gasteiger partial charge in [-0.05, 0) is 43.4 Å². The molecule has 3 rings (SSSR count). The van der Waals surface area contributed by atoms with Gasteiger partial charge in [-0.15, -0.1) is 0 Å². The molecule has 1 amide bonds. The molecule has 126 valence electrons. The molecule has 1 atom stereocenters. The SMILES string of the molecule is CNC(=O)C1=CC2CC(S(=O)(=O)N3CCC(C)CC3)=CC=C2N1. The largest absolute Gasteiger partial charge is 0.354 e. The van der Waals surface area contributed by atoms with Crippen molar-refractivity contribution < 1.29 is 13.2 Å². The molecule has 0 aromatic carbocycles. The van der Waals surface area contributed by atoms with Gasteiger partial charge in [0.2, 0.25) is 10.0 Å². The van der Waals surface area contributed by atoms with Gasteiger partial charge in [-0.2, -0.15) is 4.31 Å². The highest BCUT2D eigenvalue weighted by Gasteiger charge is 2.35. The Morgan fingerprint density at radius 2 is 2.00 bits per heavy atom. The molecule has 2 N–H and O–H groups in total. The molecule has 0 aromatic heterocycles. The van der Waals surface area contributed by atoms with Crippen LogP contribution in [0, 0.1) is 11.8 Å². The van der Waals surface area contributed by atoms with Gasteiger partial charge in [0, 0.05) is 31.8 Å². The van der Waals surface area contributed by atoms with Crippen LogP contribution in [0.25, 0.3) is 0 Å². The molecular formula is C16H23N3O3S. The maximum atomic E-state index is 12.8. The molecule has 0 saturated carbocycles. The van der Waals surface area contributed by atoms with E-state index in [0.29, 0.717) is 36.0 Å². The summed E-state index contributed by atoms with van der Waals surface area (Å²) >= 11 is 0. The zero-order chi connectivity index (χ0) is 16.6. The highest BCUT2D eigenvalue weighted by Crippen LogP contribution is 2.34. The average molecular weight is 337 g/mol. The van der Waals surface area contributed by atoms with Gasteiger partial charge in [0.15, 0.2) is 0 Å². The first-order chi connectivity index (χ1) is 10.9. The third-order valence-corrected chi connectivity index (χ3v) is 6.81. The van der Waals surface area contributed by atoms with Gasteiger partial charge in [0.1, 0.15) is 5.70 Å². The smallest absolute Gasteiger partial charge is 0.267 e. The van der Waals surface area contributed by atoms with Gasteiger partial charge in [-0.1, -0.05) is 6.92 Å². The lowest BCUT2D eigenvalue weighted by Crippen LogP contribution is -2.39. The van der Waals surface area contributed by atoms with Crippen LogP contribution in [0.5, 0.6) is 0 Å². The second-order valence-electron chi connectivity index (χ2n) is 6.44. The summed E-state index contributed by atoms with van der Waals surface area (Å²) in [6, 6.07) is 0. The standard InChI is InChI=1S/C16H23N3O3S/c1-11-5-7-19(8-6-11)23(21,22)13-3-4-14-12(9-13)10-15(18-14)16(20)17-2/h3-4,10-12,18H,5-9H2,1-2H3,(H,17,20). The zero-order valence-corrected chi connectivity index (χ0v) is 14.3. The van der Waals surface area contributed by atoms with Gasteiger partial charge >= 0.3 is 0 Å². The molecule has 1 aliphatic carbocycles. The summed E-state index contributed by atoms with van der Waals surface area (Å²) in [7, 11) is -1.82. The van der Waals surface area contributed by atoms with Crippen molar-refractivity contribution in [1.29, 1.82) is 0 Å². The van der Waals surface area contributed by atoms with E-state index in [9.17, 15) is 13.2 Å². The number of fused-ring (bicyclic) bond motifs is 1. The van der Waals surface area contributed by atoms with Crippen molar-refractivity contribution in [3.63, 3.8) is 0 Å². The van der Waals surface area contributed by atoms with Gasteiger partial charge < -0.3 is 10.6 Å². The predicted octanol–water partition coefficient (Wildman–Crippen LogP) is 1.07. The van der Waals surface area contributed by atoms with Crippen molar-refractivity contribution in [3.05, 3.63) is 34.5 Å². The number of nitrogens with zero attached hydrogens (tertiary/aromatic N) is 1. The molecule has 0 spiro atoms. The van der Waals surface area contributed by atoms with Crippen LogP contribution in [-0.4, -0.2) is 38.8 Å². The number of carbonyl (C=O) groups is 1. The number of rotatable bonds is 3. The Morgan fingerprint density at radius 3 is 2.65 bits per heavy atom. The molecule has 3 aliphatic rings. The number of hydrogen-bond donors (Lipinski definition) is 2. The Labute approximate surface area is 137 Å². The van der Waals surface area contributed by atoms with Crippen molar-refractivity contribution in [2.45, 2.75) is 26.2 Å². The van der Waals surface area contributed by atoms with Crippen LogP contribution in [0.2, 0.25) is 0 Å². The summed E-state index contributed by atoms with van der Waals surface area (Å²) < 4.78 is 27.2. The minimum Gasteiger partial charge on any atom is -0.354 e. The van der Waals surface area contributed by atoms with Gasteiger partial charge in [0.05, 0.1) is 4.91 Å². The molecule has 6 nitrogen and oxygen atoms in total. The van der Waals surface area contributed by atoms with Crippen LogP contribution in [0.4, 0.5) is 0 Å². The molecule has 0 aromatic rings. The van der Waals surface area contributed by atoms with E-state index in [1.807, 2.05) is 6.08 Å². The minimum atomic E-state index is -3.40. The van der Waals surface area contributed by atoms with Crippen molar-refractivity contribution in [2.75, 3.05) is 20.1 Å². The predicted molar refractivity (Wildman–Crippen MR) is 88.4 cm³/mol. The van der Waals surface area contributed by atoms with Crippen LogP contribution < -0.4 is 10.6 Å². The number of sulfonamides is 1. The average Bonchev–Trinajstić information content (AvgIpc) is 2.97. The quantitative estimate of drug-likeness (QED) is 0.807. The lowest BCUT2D eigenvalue weighted by atomic mass is 9.99. The topological polar surface area (TPSA) is 78.5 Å². The second kappa shape index (κ2) is 6.13. The van der Waals surface area contributed by atoms with E-state index in [-0.39, 0.29) is 11.8 Å². The zero-order valence-electron chi connectivity index (χ0n) is 13.5. The fraction of sp³-hybridized carbons (Fsp3) is 0.562. The molecule has 1 fully saturated rings. The van der Waals surface area contributed by atoms with Gasteiger partial charge in [-0.25, -0.2) is 8.42 Å². The number of nitrogens with one attached hydrogen (secondary N) is 2. The number of allylic oxidation sites excluding steroid dienone is 4. The number of piperidine rings is 1. The van der Waals surface area contributed by atoms with Crippen molar-refractivity contribution in [2.24, 2.45) is 11.8 Å². The van der Waals surface area contributed by atoms with Crippen molar-refractivity contribution >= 4 is 15.9 Å². The van der Waals surface area contributed by atoms with Crippen LogP contribution in [0.1, 0.15) is 26.2 Å². The van der Waals surface area contributed by atoms with E-state index < -0.39 is 10.0 Å². The first kappa shape index (κ1) is 16.3. The molecular weight excluding hydrogens is 314 g/mol. The Kier molecular flexibility index (Phi) is 4.33. The second-order valence-corrected chi connectivity index (χ2v) is 8.43. The Hall–Kier alpha value is -1.60. The molecule has 7 heteroatoms.